The minimum atomic E-state index is -3.24. The molecule has 0 N–H and O–H groups in total. The Morgan fingerprint density at radius 2 is 2.12 bits per heavy atom. The largest absolute Gasteiger partial charge is 0.303 e. The minimum Gasteiger partial charge on any atom is -0.303 e. The van der Waals surface area contributed by atoms with Gasteiger partial charge < -0.3 is 4.40 Å². The molecule has 2 fully saturated rings. The van der Waals surface area contributed by atoms with Crippen LogP contribution in [0.1, 0.15) is 41.5 Å². The third kappa shape index (κ3) is 3.10. The Hall–Kier alpha value is -1.97. The van der Waals surface area contributed by atoms with Gasteiger partial charge in [0.15, 0.2) is 5.69 Å². The molecule has 1 atom stereocenters. The molecular weight excluding hydrogens is 356 g/mol. The van der Waals surface area contributed by atoms with Crippen molar-refractivity contribution in [1.29, 1.82) is 0 Å². The SMILES string of the molecule is CS(=O)(=O)N1CCC[C@@H](c2nc(C(=O)N3CCCO3)c3ccccn23)C1. The number of carbonyl (C=O) groups excluding carboxylic acids is 1. The van der Waals surface area contributed by atoms with E-state index in [9.17, 15) is 13.2 Å². The van der Waals surface area contributed by atoms with Gasteiger partial charge in [0.25, 0.3) is 5.91 Å². The van der Waals surface area contributed by atoms with E-state index in [0.29, 0.717) is 31.9 Å². The van der Waals surface area contributed by atoms with Crippen molar-refractivity contribution < 1.29 is 18.0 Å². The van der Waals surface area contributed by atoms with Crippen molar-refractivity contribution in [3.63, 3.8) is 0 Å². The third-order valence-corrected chi connectivity index (χ3v) is 6.25. The lowest BCUT2D eigenvalue weighted by atomic mass is 9.99. The Balaban J connectivity index is 1.72. The number of hydroxylamine groups is 2. The molecule has 0 bridgehead atoms. The van der Waals surface area contributed by atoms with Crippen LogP contribution in [0.4, 0.5) is 0 Å². The van der Waals surface area contributed by atoms with E-state index >= 15 is 0 Å². The number of pyridine rings is 1. The molecule has 4 heterocycles. The molecule has 4 rings (SSSR count). The van der Waals surface area contributed by atoms with E-state index in [1.807, 2.05) is 28.8 Å². The molecule has 2 aliphatic rings. The van der Waals surface area contributed by atoms with E-state index in [2.05, 4.69) is 4.98 Å². The van der Waals surface area contributed by atoms with Crippen LogP contribution in [0, 0.1) is 0 Å². The molecule has 140 valence electrons. The highest BCUT2D eigenvalue weighted by atomic mass is 32.2. The van der Waals surface area contributed by atoms with Crippen LogP contribution >= 0.6 is 0 Å². The second-order valence-electron chi connectivity index (χ2n) is 6.83. The van der Waals surface area contributed by atoms with Gasteiger partial charge in [0.1, 0.15) is 5.82 Å². The van der Waals surface area contributed by atoms with Crippen LogP contribution in [0.5, 0.6) is 0 Å². The second-order valence-corrected chi connectivity index (χ2v) is 8.81. The molecule has 0 aliphatic carbocycles. The van der Waals surface area contributed by atoms with Gasteiger partial charge in [-0.3, -0.25) is 9.63 Å². The maximum absolute atomic E-state index is 12.8. The first kappa shape index (κ1) is 17.4. The Bertz CT molecular complexity index is 933. The average molecular weight is 378 g/mol. The number of hydrogen-bond donors (Lipinski definition) is 0. The predicted octanol–water partition coefficient (Wildman–Crippen LogP) is 1.25. The van der Waals surface area contributed by atoms with Crippen LogP contribution < -0.4 is 0 Å². The van der Waals surface area contributed by atoms with Gasteiger partial charge in [-0.05, 0) is 31.4 Å². The number of nitrogens with zero attached hydrogens (tertiary/aromatic N) is 4. The number of fused-ring (bicyclic) bond motifs is 1. The zero-order valence-electron chi connectivity index (χ0n) is 14.7. The molecular formula is C17H22N4O4S. The van der Waals surface area contributed by atoms with Crippen molar-refractivity contribution in [2.24, 2.45) is 0 Å². The van der Waals surface area contributed by atoms with Crippen molar-refractivity contribution in [3.8, 4) is 0 Å². The fourth-order valence-corrected chi connectivity index (χ4v) is 4.60. The molecule has 0 spiro atoms. The standard InChI is InChI=1S/C17H22N4O4S/c1-26(23,24)19-8-4-6-13(12-19)16-18-15(14-7-2-3-9-20(14)16)17(22)21-10-5-11-25-21/h2-3,7,9,13H,4-6,8,10-12H2,1H3/t13-/m1/s1. The molecule has 2 aliphatic heterocycles. The maximum Gasteiger partial charge on any atom is 0.298 e. The number of imidazole rings is 1. The molecule has 2 aromatic heterocycles. The number of carbonyl (C=O) groups is 1. The van der Waals surface area contributed by atoms with E-state index in [-0.39, 0.29) is 11.8 Å². The zero-order valence-corrected chi connectivity index (χ0v) is 15.5. The number of hydrogen-bond acceptors (Lipinski definition) is 5. The van der Waals surface area contributed by atoms with Gasteiger partial charge >= 0.3 is 0 Å². The van der Waals surface area contributed by atoms with Crippen LogP contribution in [-0.2, 0) is 14.9 Å². The first-order valence-corrected chi connectivity index (χ1v) is 10.7. The fourth-order valence-electron chi connectivity index (χ4n) is 3.69. The van der Waals surface area contributed by atoms with Crippen LogP contribution in [0.2, 0.25) is 0 Å². The Kier molecular flexibility index (Phi) is 4.45. The topological polar surface area (TPSA) is 84.2 Å². The number of rotatable bonds is 3. The summed E-state index contributed by atoms with van der Waals surface area (Å²) >= 11 is 0. The molecule has 2 aromatic rings. The molecule has 0 unspecified atom stereocenters. The van der Waals surface area contributed by atoms with Crippen LogP contribution in [0.25, 0.3) is 5.52 Å². The molecule has 0 aromatic carbocycles. The fraction of sp³-hybridized carbons (Fsp3) is 0.529. The molecule has 8 nitrogen and oxygen atoms in total. The van der Waals surface area contributed by atoms with E-state index in [1.165, 1.54) is 15.6 Å². The summed E-state index contributed by atoms with van der Waals surface area (Å²) in [6, 6.07) is 5.61. The quantitative estimate of drug-likeness (QED) is 0.803. The maximum atomic E-state index is 12.8. The van der Waals surface area contributed by atoms with Gasteiger partial charge in [0, 0.05) is 25.2 Å². The van der Waals surface area contributed by atoms with Crippen molar-refractivity contribution in [1.82, 2.24) is 18.8 Å². The summed E-state index contributed by atoms with van der Waals surface area (Å²) in [6.07, 6.45) is 5.54. The van der Waals surface area contributed by atoms with Gasteiger partial charge in [-0.2, -0.15) is 0 Å². The van der Waals surface area contributed by atoms with Crippen molar-refractivity contribution in [3.05, 3.63) is 35.9 Å². The van der Waals surface area contributed by atoms with Crippen molar-refractivity contribution in [2.45, 2.75) is 25.2 Å². The smallest absolute Gasteiger partial charge is 0.298 e. The first-order chi connectivity index (χ1) is 12.4. The predicted molar refractivity (Wildman–Crippen MR) is 95.2 cm³/mol. The molecule has 9 heteroatoms. The number of sulfonamides is 1. The summed E-state index contributed by atoms with van der Waals surface area (Å²) in [5, 5.41) is 1.36. The first-order valence-electron chi connectivity index (χ1n) is 8.82. The van der Waals surface area contributed by atoms with E-state index in [1.54, 1.807) is 0 Å². The minimum absolute atomic E-state index is 0.0468. The lowest BCUT2D eigenvalue weighted by Gasteiger charge is -2.30. The lowest BCUT2D eigenvalue weighted by molar-refractivity contribution is -0.0770. The van der Waals surface area contributed by atoms with Crippen LogP contribution in [-0.4, -0.2) is 65.6 Å². The van der Waals surface area contributed by atoms with Gasteiger partial charge in [-0.25, -0.2) is 22.8 Å². The van der Waals surface area contributed by atoms with Gasteiger partial charge in [-0.15, -0.1) is 0 Å². The van der Waals surface area contributed by atoms with E-state index in [4.69, 9.17) is 4.84 Å². The van der Waals surface area contributed by atoms with Gasteiger partial charge in [0.2, 0.25) is 10.0 Å². The monoisotopic (exact) mass is 378 g/mol. The molecule has 1 amide bonds. The summed E-state index contributed by atoms with van der Waals surface area (Å²) in [5.74, 6) is 0.444. The molecule has 0 radical (unpaired) electrons. The summed E-state index contributed by atoms with van der Waals surface area (Å²) in [7, 11) is -3.24. The summed E-state index contributed by atoms with van der Waals surface area (Å²) in [5.41, 5.74) is 1.08. The van der Waals surface area contributed by atoms with Crippen LogP contribution in [0.3, 0.4) is 0 Å². The normalized spacial score (nSPS) is 22.2. The lowest BCUT2D eigenvalue weighted by Crippen LogP contribution is -2.38. The molecule has 26 heavy (non-hydrogen) atoms. The number of piperidine rings is 1. The summed E-state index contributed by atoms with van der Waals surface area (Å²) in [4.78, 5) is 22.8. The third-order valence-electron chi connectivity index (χ3n) is 4.98. The molecule has 0 saturated carbocycles. The second kappa shape index (κ2) is 6.64. The van der Waals surface area contributed by atoms with Crippen LogP contribution in [0.15, 0.2) is 24.4 Å². The average Bonchev–Trinajstić information content (AvgIpc) is 3.29. The number of aromatic nitrogens is 2. The highest BCUT2D eigenvalue weighted by Crippen LogP contribution is 2.29. The Morgan fingerprint density at radius 1 is 1.27 bits per heavy atom. The van der Waals surface area contributed by atoms with Gasteiger partial charge in [-0.1, -0.05) is 6.07 Å². The highest BCUT2D eigenvalue weighted by Gasteiger charge is 2.32. The molecule has 2 saturated heterocycles. The van der Waals surface area contributed by atoms with E-state index < -0.39 is 10.0 Å². The highest BCUT2D eigenvalue weighted by molar-refractivity contribution is 7.88. The van der Waals surface area contributed by atoms with Crippen molar-refractivity contribution >= 4 is 21.4 Å². The Morgan fingerprint density at radius 3 is 2.85 bits per heavy atom. The van der Waals surface area contributed by atoms with Crippen molar-refractivity contribution in [2.75, 3.05) is 32.5 Å². The summed E-state index contributed by atoms with van der Waals surface area (Å²) in [6.45, 7) is 2.02. The van der Waals surface area contributed by atoms with E-state index in [0.717, 1.165) is 30.6 Å². The Labute approximate surface area is 152 Å². The number of amides is 1. The zero-order chi connectivity index (χ0) is 18.3. The summed E-state index contributed by atoms with van der Waals surface area (Å²) < 4.78 is 27.3. The van der Waals surface area contributed by atoms with Gasteiger partial charge in [0.05, 0.1) is 24.9 Å².